The second kappa shape index (κ2) is 4.57. The first-order chi connectivity index (χ1) is 9.63. The third-order valence-corrected chi connectivity index (χ3v) is 5.98. The summed E-state index contributed by atoms with van der Waals surface area (Å²) >= 11 is 0. The molecule has 0 aromatic heterocycles. The molecule has 5 rings (SSSR count). The molecule has 108 valence electrons. The zero-order valence-corrected chi connectivity index (χ0v) is 12.3. The summed E-state index contributed by atoms with van der Waals surface area (Å²) < 4.78 is 0. The van der Waals surface area contributed by atoms with E-state index in [9.17, 15) is 5.11 Å². The highest BCUT2D eigenvalue weighted by Gasteiger charge is 2.54. The van der Waals surface area contributed by atoms with E-state index in [1.165, 1.54) is 18.4 Å². The first kappa shape index (κ1) is 12.8. The number of hydrogen-bond acceptors (Lipinski definition) is 2. The van der Waals surface area contributed by atoms with Crippen LogP contribution in [0.15, 0.2) is 30.3 Å². The molecule has 0 aliphatic heterocycles. The van der Waals surface area contributed by atoms with Crippen molar-refractivity contribution in [2.24, 2.45) is 17.8 Å². The molecule has 4 fully saturated rings. The lowest BCUT2D eigenvalue weighted by atomic mass is 9.52. The van der Waals surface area contributed by atoms with Crippen LogP contribution in [-0.4, -0.2) is 16.7 Å². The summed E-state index contributed by atoms with van der Waals surface area (Å²) in [6.07, 6.45) is 5.79. The Bertz CT molecular complexity index is 469. The van der Waals surface area contributed by atoms with Crippen molar-refractivity contribution in [1.82, 2.24) is 5.32 Å². The van der Waals surface area contributed by atoms with Gasteiger partial charge < -0.3 is 10.4 Å². The Hall–Kier alpha value is -0.860. The summed E-state index contributed by atoms with van der Waals surface area (Å²) in [6.45, 7) is 2.27. The largest absolute Gasteiger partial charge is 0.390 e. The summed E-state index contributed by atoms with van der Waals surface area (Å²) in [5.41, 5.74) is 1.06. The maximum atomic E-state index is 10.6. The topological polar surface area (TPSA) is 32.3 Å². The highest BCUT2D eigenvalue weighted by atomic mass is 16.3. The van der Waals surface area contributed by atoms with Gasteiger partial charge in [-0.25, -0.2) is 0 Å². The van der Waals surface area contributed by atoms with E-state index in [1.807, 2.05) is 0 Å². The minimum absolute atomic E-state index is 0.315. The number of aliphatic hydroxyl groups is 1. The fraction of sp³-hybridized carbons (Fsp3) is 0.667. The fourth-order valence-electron chi connectivity index (χ4n) is 5.38. The van der Waals surface area contributed by atoms with Crippen LogP contribution in [0.2, 0.25) is 0 Å². The summed E-state index contributed by atoms with van der Waals surface area (Å²) in [7, 11) is 0. The molecule has 1 aromatic carbocycles. The van der Waals surface area contributed by atoms with E-state index in [2.05, 4.69) is 42.6 Å². The van der Waals surface area contributed by atoms with Gasteiger partial charge in [0.25, 0.3) is 0 Å². The number of rotatable bonds is 3. The van der Waals surface area contributed by atoms with Crippen LogP contribution in [0.5, 0.6) is 0 Å². The number of hydrogen-bond donors (Lipinski definition) is 2. The van der Waals surface area contributed by atoms with Crippen molar-refractivity contribution in [3.8, 4) is 0 Å². The Balaban J connectivity index is 1.50. The van der Waals surface area contributed by atoms with Gasteiger partial charge in [0.1, 0.15) is 0 Å². The van der Waals surface area contributed by atoms with Gasteiger partial charge in [-0.1, -0.05) is 30.3 Å². The van der Waals surface area contributed by atoms with E-state index < -0.39 is 0 Å². The van der Waals surface area contributed by atoms with Crippen molar-refractivity contribution in [3.05, 3.63) is 35.9 Å². The maximum absolute atomic E-state index is 10.6. The van der Waals surface area contributed by atoms with E-state index >= 15 is 0 Å². The average Bonchev–Trinajstić information content (AvgIpc) is 2.42. The molecule has 4 saturated carbocycles. The minimum atomic E-state index is -0.315. The SMILES string of the molecule is C[C@H](N[C@@H]1C2CC3C[C@H]1C[C@@](O)(C3)C2)c1ccccc1. The van der Waals surface area contributed by atoms with Crippen molar-refractivity contribution in [3.63, 3.8) is 0 Å². The molecule has 0 amide bonds. The lowest BCUT2D eigenvalue weighted by molar-refractivity contribution is -0.139. The molecule has 1 aromatic rings. The van der Waals surface area contributed by atoms with Crippen molar-refractivity contribution >= 4 is 0 Å². The van der Waals surface area contributed by atoms with E-state index in [1.54, 1.807) is 0 Å². The van der Waals surface area contributed by atoms with Crippen molar-refractivity contribution < 1.29 is 5.11 Å². The molecule has 2 N–H and O–H groups in total. The van der Waals surface area contributed by atoms with Gasteiger partial charge in [-0.3, -0.25) is 0 Å². The molecule has 2 nitrogen and oxygen atoms in total. The standard InChI is InChI=1S/C18H25NO/c1-12(14-5-3-2-4-6-14)19-17-15-7-13-8-16(17)11-18(20,9-13)10-15/h2-6,12-13,15-17,19-20H,7-11H2,1H3/t12-,13?,15-,16?,17-,18-/m0/s1. The Morgan fingerprint density at radius 2 is 1.75 bits per heavy atom. The monoisotopic (exact) mass is 271 g/mol. The van der Waals surface area contributed by atoms with E-state index in [0.29, 0.717) is 23.9 Å². The zero-order valence-electron chi connectivity index (χ0n) is 12.3. The Morgan fingerprint density at radius 3 is 2.35 bits per heavy atom. The molecule has 20 heavy (non-hydrogen) atoms. The molecule has 0 spiro atoms. The first-order valence-electron chi connectivity index (χ1n) is 8.16. The molecule has 2 unspecified atom stereocenters. The summed E-state index contributed by atoms with van der Waals surface area (Å²) in [5.74, 6) is 2.18. The minimum Gasteiger partial charge on any atom is -0.390 e. The Labute approximate surface area is 121 Å². The third-order valence-electron chi connectivity index (χ3n) is 5.98. The van der Waals surface area contributed by atoms with E-state index in [-0.39, 0.29) is 5.60 Å². The van der Waals surface area contributed by atoms with E-state index in [4.69, 9.17) is 0 Å². The van der Waals surface area contributed by atoms with Crippen LogP contribution in [0, 0.1) is 17.8 Å². The lowest BCUT2D eigenvalue weighted by Crippen LogP contribution is -2.61. The Morgan fingerprint density at radius 1 is 1.10 bits per heavy atom. The normalized spacial score (nSPS) is 43.7. The first-order valence-corrected chi connectivity index (χ1v) is 8.16. The molecule has 2 heteroatoms. The van der Waals surface area contributed by atoms with Crippen LogP contribution in [0.3, 0.4) is 0 Å². The second-order valence-electron chi connectivity index (χ2n) is 7.52. The van der Waals surface area contributed by atoms with Crippen LogP contribution in [-0.2, 0) is 0 Å². The highest BCUT2D eigenvalue weighted by molar-refractivity contribution is 5.19. The van der Waals surface area contributed by atoms with Gasteiger partial charge in [-0.05, 0) is 62.3 Å². The van der Waals surface area contributed by atoms with Gasteiger partial charge in [0, 0.05) is 12.1 Å². The molecule has 0 heterocycles. The number of nitrogens with one attached hydrogen (secondary N) is 1. The molecular formula is C18H25NO. The lowest BCUT2D eigenvalue weighted by Gasteiger charge is -2.58. The van der Waals surface area contributed by atoms with Crippen molar-refractivity contribution in [1.29, 1.82) is 0 Å². The fourth-order valence-corrected chi connectivity index (χ4v) is 5.38. The zero-order chi connectivity index (χ0) is 13.7. The molecule has 0 saturated heterocycles. The molecule has 0 radical (unpaired) electrons. The molecule has 4 aliphatic rings. The van der Waals surface area contributed by atoms with Gasteiger partial charge in [0.05, 0.1) is 5.60 Å². The quantitative estimate of drug-likeness (QED) is 0.884. The molecule has 4 aliphatic carbocycles. The van der Waals surface area contributed by atoms with E-state index in [0.717, 1.165) is 25.2 Å². The van der Waals surface area contributed by atoms with Crippen LogP contribution < -0.4 is 5.32 Å². The molecule has 6 atom stereocenters. The van der Waals surface area contributed by atoms with Gasteiger partial charge in [0.15, 0.2) is 0 Å². The highest BCUT2D eigenvalue weighted by Crippen LogP contribution is 2.55. The van der Waals surface area contributed by atoms with Gasteiger partial charge in [0.2, 0.25) is 0 Å². The van der Waals surface area contributed by atoms with Crippen LogP contribution >= 0.6 is 0 Å². The molecule has 4 bridgehead atoms. The average molecular weight is 271 g/mol. The smallest absolute Gasteiger partial charge is 0.0657 e. The summed E-state index contributed by atoms with van der Waals surface area (Å²) in [4.78, 5) is 0. The van der Waals surface area contributed by atoms with Crippen molar-refractivity contribution in [2.45, 2.75) is 56.7 Å². The third kappa shape index (κ3) is 2.10. The predicted octanol–water partition coefficient (Wildman–Crippen LogP) is 3.28. The number of benzene rings is 1. The molecular weight excluding hydrogens is 246 g/mol. The second-order valence-corrected chi connectivity index (χ2v) is 7.52. The van der Waals surface area contributed by atoms with Crippen LogP contribution in [0.1, 0.15) is 50.6 Å². The maximum Gasteiger partial charge on any atom is 0.0657 e. The van der Waals surface area contributed by atoms with Gasteiger partial charge >= 0.3 is 0 Å². The van der Waals surface area contributed by atoms with Gasteiger partial charge in [-0.2, -0.15) is 0 Å². The predicted molar refractivity (Wildman–Crippen MR) is 80.3 cm³/mol. The van der Waals surface area contributed by atoms with Crippen molar-refractivity contribution in [2.75, 3.05) is 0 Å². The van der Waals surface area contributed by atoms with Crippen LogP contribution in [0.4, 0.5) is 0 Å². The summed E-state index contributed by atoms with van der Waals surface area (Å²) in [6, 6.07) is 11.8. The summed E-state index contributed by atoms with van der Waals surface area (Å²) in [5, 5.41) is 14.5. The van der Waals surface area contributed by atoms with Gasteiger partial charge in [-0.15, -0.1) is 0 Å². The Kier molecular flexibility index (Phi) is 2.94. The van der Waals surface area contributed by atoms with Crippen LogP contribution in [0.25, 0.3) is 0 Å².